The molecule has 0 spiro atoms. The van der Waals surface area contributed by atoms with Crippen molar-refractivity contribution in [3.8, 4) is 0 Å². The Balaban J connectivity index is 0.000000213. The molecule has 3 heteroatoms. The van der Waals surface area contributed by atoms with Crippen molar-refractivity contribution >= 4 is 28.7 Å². The zero-order valence-corrected chi connectivity index (χ0v) is 9.59. The summed E-state index contributed by atoms with van der Waals surface area (Å²) < 4.78 is 2.12. The maximum atomic E-state index is 5.05. The first-order valence-electron chi connectivity index (χ1n) is 4.43. The normalized spacial score (nSPS) is 9.64. The fraction of sp³-hybridized carbons (Fsp3) is 0.273. The summed E-state index contributed by atoms with van der Waals surface area (Å²) in [5.74, 6) is 1.11. The molecule has 0 unspecified atom stereocenters. The molecule has 0 saturated heterocycles. The van der Waals surface area contributed by atoms with E-state index in [9.17, 15) is 0 Å². The third kappa shape index (κ3) is 3.24. The first-order chi connectivity index (χ1) is 6.77. The van der Waals surface area contributed by atoms with E-state index in [1.807, 2.05) is 6.07 Å². The van der Waals surface area contributed by atoms with Gasteiger partial charge in [0.25, 0.3) is 0 Å². The highest BCUT2D eigenvalue weighted by atomic mass is 35.5. The molecule has 2 rings (SSSR count). The Bertz CT molecular complexity index is 346. The van der Waals surface area contributed by atoms with E-state index >= 15 is 0 Å². The molecule has 0 aliphatic heterocycles. The molecule has 0 aliphatic rings. The van der Waals surface area contributed by atoms with Crippen LogP contribution in [0, 0.1) is 6.92 Å². The van der Waals surface area contributed by atoms with Crippen LogP contribution in [0.2, 0.25) is 0 Å². The van der Waals surface area contributed by atoms with Crippen LogP contribution < -0.4 is 0 Å². The molecule has 0 amide bonds. The van der Waals surface area contributed by atoms with E-state index in [-0.39, 0.29) is 0 Å². The average molecular weight is 230 g/mol. The largest absolute Gasteiger partial charge is 0.324 e. The summed E-state index contributed by atoms with van der Waals surface area (Å²) in [6.07, 6.45) is 4.18. The van der Waals surface area contributed by atoms with E-state index in [4.69, 9.17) is 23.2 Å². The summed E-state index contributed by atoms with van der Waals surface area (Å²) in [5, 5.41) is 0. The van der Waals surface area contributed by atoms with Crippen molar-refractivity contribution in [1.29, 1.82) is 0 Å². The van der Waals surface area contributed by atoms with Crippen molar-refractivity contribution < 1.29 is 0 Å². The number of halogens is 2. The minimum absolute atomic E-state index is 0.557. The van der Waals surface area contributed by atoms with Crippen LogP contribution in [0.15, 0.2) is 36.7 Å². The lowest BCUT2D eigenvalue weighted by Gasteiger charge is -1.88. The number of fused-ring (bicyclic) bond motifs is 1. The van der Waals surface area contributed by atoms with E-state index in [1.165, 1.54) is 11.1 Å². The third-order valence-electron chi connectivity index (χ3n) is 1.71. The Hall–Kier alpha value is -0.660. The number of hydrogen-bond acceptors (Lipinski definition) is 0. The molecule has 2 aromatic heterocycles. The van der Waals surface area contributed by atoms with Gasteiger partial charge in [0.15, 0.2) is 0 Å². The van der Waals surface area contributed by atoms with Crippen molar-refractivity contribution in [2.24, 2.45) is 0 Å². The summed E-state index contributed by atoms with van der Waals surface area (Å²) in [6.45, 7) is 2.10. The van der Waals surface area contributed by atoms with Gasteiger partial charge in [-0.3, -0.25) is 0 Å². The third-order valence-corrected chi connectivity index (χ3v) is 2.28. The van der Waals surface area contributed by atoms with Gasteiger partial charge in [0.2, 0.25) is 0 Å². The van der Waals surface area contributed by atoms with E-state index in [0.717, 1.165) is 0 Å². The van der Waals surface area contributed by atoms with E-state index < -0.39 is 0 Å². The number of alkyl halides is 2. The lowest BCUT2D eigenvalue weighted by Crippen LogP contribution is -1.75. The predicted octanol–water partition coefficient (Wildman–Crippen LogP) is 3.71. The van der Waals surface area contributed by atoms with Crippen LogP contribution in [-0.4, -0.2) is 16.2 Å². The first kappa shape index (κ1) is 11.4. The number of nitrogens with zero attached hydrogens (tertiary/aromatic N) is 1. The first-order valence-corrected chi connectivity index (χ1v) is 5.50. The lowest BCUT2D eigenvalue weighted by molar-refractivity contribution is 1.19. The molecule has 0 atom stereocenters. The highest BCUT2D eigenvalue weighted by Gasteiger charge is 1.90. The van der Waals surface area contributed by atoms with Crippen LogP contribution in [0.3, 0.4) is 0 Å². The molecular weight excluding hydrogens is 217 g/mol. The maximum Gasteiger partial charge on any atom is 0.0452 e. The molecule has 0 saturated carbocycles. The molecule has 0 aromatic carbocycles. The molecule has 0 fully saturated rings. The number of rotatable bonds is 1. The Labute approximate surface area is 94.3 Å². The van der Waals surface area contributed by atoms with Gasteiger partial charge in [-0.05, 0) is 30.7 Å². The summed E-state index contributed by atoms with van der Waals surface area (Å²) >= 11 is 10.1. The van der Waals surface area contributed by atoms with Crippen LogP contribution in [0.4, 0.5) is 0 Å². The highest BCUT2D eigenvalue weighted by molar-refractivity contribution is 6.25. The number of pyridine rings is 1. The fourth-order valence-corrected chi connectivity index (χ4v) is 1.20. The Morgan fingerprint density at radius 1 is 1.21 bits per heavy atom. The predicted molar refractivity (Wildman–Crippen MR) is 63.6 cm³/mol. The van der Waals surface area contributed by atoms with Crippen molar-refractivity contribution in [1.82, 2.24) is 4.40 Å². The molecule has 2 aromatic rings. The van der Waals surface area contributed by atoms with Crippen molar-refractivity contribution in [3.05, 3.63) is 42.2 Å². The standard InChI is InChI=1S/C9H9N.C2H4Cl2/c1-8-6-9-4-2-3-5-10(9)7-8;3-1-2-4/h2-7H,1H3;1-2H2. The molecule has 0 radical (unpaired) electrons. The quantitative estimate of drug-likeness (QED) is 0.658. The number of hydrogen-bond donors (Lipinski definition) is 0. The van der Waals surface area contributed by atoms with Gasteiger partial charge in [-0.25, -0.2) is 0 Å². The number of aromatic nitrogens is 1. The average Bonchev–Trinajstić information content (AvgIpc) is 2.58. The van der Waals surface area contributed by atoms with Gasteiger partial charge in [0.1, 0.15) is 0 Å². The Morgan fingerprint density at radius 3 is 2.50 bits per heavy atom. The smallest absolute Gasteiger partial charge is 0.0452 e. The molecule has 14 heavy (non-hydrogen) atoms. The van der Waals surface area contributed by atoms with Gasteiger partial charge >= 0.3 is 0 Å². The minimum atomic E-state index is 0.557. The van der Waals surface area contributed by atoms with Crippen molar-refractivity contribution in [3.63, 3.8) is 0 Å². The van der Waals surface area contributed by atoms with Gasteiger partial charge < -0.3 is 4.40 Å². The summed E-state index contributed by atoms with van der Waals surface area (Å²) in [7, 11) is 0. The monoisotopic (exact) mass is 229 g/mol. The van der Waals surface area contributed by atoms with Crippen LogP contribution in [0.1, 0.15) is 5.56 Å². The zero-order valence-electron chi connectivity index (χ0n) is 8.08. The molecule has 0 aliphatic carbocycles. The summed E-state index contributed by atoms with van der Waals surface area (Å²) in [4.78, 5) is 0. The summed E-state index contributed by atoms with van der Waals surface area (Å²) in [5.41, 5.74) is 2.58. The van der Waals surface area contributed by atoms with Gasteiger partial charge in [-0.15, -0.1) is 23.2 Å². The highest BCUT2D eigenvalue weighted by Crippen LogP contribution is 2.07. The fourth-order valence-electron chi connectivity index (χ4n) is 1.20. The lowest BCUT2D eigenvalue weighted by atomic mass is 10.3. The second kappa shape index (κ2) is 5.94. The van der Waals surface area contributed by atoms with E-state index in [0.29, 0.717) is 11.8 Å². The van der Waals surface area contributed by atoms with Gasteiger partial charge in [0.05, 0.1) is 0 Å². The second-order valence-corrected chi connectivity index (χ2v) is 3.68. The maximum absolute atomic E-state index is 5.05. The van der Waals surface area contributed by atoms with Crippen LogP contribution >= 0.6 is 23.2 Å². The van der Waals surface area contributed by atoms with Crippen LogP contribution in [0.5, 0.6) is 0 Å². The minimum Gasteiger partial charge on any atom is -0.324 e. The molecular formula is C11H13Cl2N. The van der Waals surface area contributed by atoms with Crippen molar-refractivity contribution in [2.75, 3.05) is 11.8 Å². The topological polar surface area (TPSA) is 4.41 Å². The van der Waals surface area contributed by atoms with Crippen molar-refractivity contribution in [2.45, 2.75) is 6.92 Å². The second-order valence-electron chi connectivity index (χ2n) is 2.93. The molecule has 0 bridgehead atoms. The van der Waals surface area contributed by atoms with Crippen LogP contribution in [-0.2, 0) is 0 Å². The zero-order chi connectivity index (χ0) is 10.4. The molecule has 1 nitrogen and oxygen atoms in total. The van der Waals surface area contributed by atoms with Gasteiger partial charge in [-0.2, -0.15) is 0 Å². The van der Waals surface area contributed by atoms with Crippen LogP contribution in [0.25, 0.3) is 5.52 Å². The Morgan fingerprint density at radius 2 is 1.93 bits per heavy atom. The molecule has 0 N–H and O–H groups in total. The number of aryl methyl sites for hydroxylation is 1. The van der Waals surface area contributed by atoms with Gasteiger partial charge in [-0.1, -0.05) is 6.07 Å². The molecule has 76 valence electrons. The SMILES string of the molecule is Cc1cc2ccccn2c1.ClCCCl. The Kier molecular flexibility index (Phi) is 4.85. The van der Waals surface area contributed by atoms with E-state index in [2.05, 4.69) is 41.9 Å². The molecule has 2 heterocycles. The summed E-state index contributed by atoms with van der Waals surface area (Å²) in [6, 6.07) is 8.36. The van der Waals surface area contributed by atoms with Gasteiger partial charge in [0, 0.05) is 29.7 Å². The van der Waals surface area contributed by atoms with E-state index in [1.54, 1.807) is 0 Å².